The van der Waals surface area contributed by atoms with Crippen molar-refractivity contribution >= 4 is 16.7 Å². The van der Waals surface area contributed by atoms with E-state index >= 15 is 0 Å². The average Bonchev–Trinajstić information content (AvgIpc) is 3.13. The molecule has 1 fully saturated rings. The smallest absolute Gasteiger partial charge is 0.255 e. The Bertz CT molecular complexity index is 1080. The molecular formula is C25H31N3O4. The van der Waals surface area contributed by atoms with Crippen molar-refractivity contribution in [1.29, 1.82) is 0 Å². The van der Waals surface area contributed by atoms with Crippen molar-refractivity contribution in [3.05, 3.63) is 59.0 Å². The van der Waals surface area contributed by atoms with E-state index < -0.39 is 0 Å². The van der Waals surface area contributed by atoms with Crippen molar-refractivity contribution in [3.8, 4) is 5.75 Å². The molecule has 1 amide bonds. The van der Waals surface area contributed by atoms with E-state index in [-0.39, 0.29) is 11.4 Å². The Labute approximate surface area is 188 Å². The van der Waals surface area contributed by atoms with E-state index in [0.29, 0.717) is 24.5 Å². The number of morpholine rings is 1. The Morgan fingerprint density at radius 1 is 1.16 bits per heavy atom. The van der Waals surface area contributed by atoms with Gasteiger partial charge in [0.25, 0.3) is 5.91 Å². The van der Waals surface area contributed by atoms with Crippen molar-refractivity contribution < 1.29 is 18.8 Å². The maximum atomic E-state index is 13.3. The normalized spacial score (nSPS) is 15.1. The number of nitrogens with one attached hydrogen (secondary N) is 1. The topological polar surface area (TPSA) is 76.8 Å². The molecule has 0 spiro atoms. The van der Waals surface area contributed by atoms with Crippen LogP contribution in [0.3, 0.4) is 0 Å². The van der Waals surface area contributed by atoms with Crippen LogP contribution in [0.1, 0.15) is 41.2 Å². The highest BCUT2D eigenvalue weighted by molar-refractivity contribution is 6.01. The minimum atomic E-state index is -0.173. The van der Waals surface area contributed by atoms with Gasteiger partial charge in [-0.2, -0.15) is 0 Å². The third-order valence-electron chi connectivity index (χ3n) is 6.19. The van der Waals surface area contributed by atoms with Crippen LogP contribution in [0.25, 0.3) is 10.8 Å². The summed E-state index contributed by atoms with van der Waals surface area (Å²) in [5, 5.41) is 9.13. The number of aryl methyl sites for hydroxylation is 2. The molecule has 0 radical (unpaired) electrons. The number of ether oxygens (including phenoxy) is 2. The second kappa shape index (κ2) is 9.30. The van der Waals surface area contributed by atoms with Crippen LogP contribution in [0, 0.1) is 13.8 Å². The number of hydrogen-bond acceptors (Lipinski definition) is 6. The molecule has 4 rings (SSSR count). The molecule has 0 unspecified atom stereocenters. The highest BCUT2D eigenvalue weighted by Gasteiger charge is 2.29. The second-order valence-electron chi connectivity index (χ2n) is 8.88. The number of carbonyl (C=O) groups excluding carboxylic acids is 1. The summed E-state index contributed by atoms with van der Waals surface area (Å²) in [5.41, 5.74) is 2.04. The molecule has 7 nitrogen and oxygen atoms in total. The minimum absolute atomic E-state index is 0.147. The third-order valence-corrected chi connectivity index (χ3v) is 6.19. The lowest BCUT2D eigenvalue weighted by Gasteiger charge is -2.40. The standard InChI is InChI=1S/C25H31N3O4/c1-17-22(18(2)32-27-17)15-31-23-14-20-8-6-5-7-19(20)13-21(23)24(29)26-16-25(3,4)28-9-11-30-12-10-28/h5-8,13-14H,9-12,15-16H2,1-4H3,(H,26,29). The van der Waals surface area contributed by atoms with Gasteiger partial charge in [-0.15, -0.1) is 0 Å². The maximum Gasteiger partial charge on any atom is 0.255 e. The number of nitrogens with zero attached hydrogens (tertiary/aromatic N) is 2. The molecule has 32 heavy (non-hydrogen) atoms. The van der Waals surface area contributed by atoms with Gasteiger partial charge in [0.2, 0.25) is 0 Å². The second-order valence-corrected chi connectivity index (χ2v) is 8.88. The van der Waals surface area contributed by atoms with Gasteiger partial charge in [-0.1, -0.05) is 29.4 Å². The first-order valence-corrected chi connectivity index (χ1v) is 11.0. The zero-order chi connectivity index (χ0) is 22.7. The van der Waals surface area contributed by atoms with Crippen molar-refractivity contribution in [2.45, 2.75) is 39.8 Å². The zero-order valence-electron chi connectivity index (χ0n) is 19.2. The molecule has 0 saturated carbocycles. The van der Waals surface area contributed by atoms with Crippen LogP contribution in [-0.4, -0.2) is 54.4 Å². The summed E-state index contributed by atoms with van der Waals surface area (Å²) in [7, 11) is 0. The van der Waals surface area contributed by atoms with Crippen LogP contribution >= 0.6 is 0 Å². The molecule has 170 valence electrons. The van der Waals surface area contributed by atoms with Crippen molar-refractivity contribution in [2.75, 3.05) is 32.8 Å². The van der Waals surface area contributed by atoms with Gasteiger partial charge in [0, 0.05) is 25.2 Å². The van der Waals surface area contributed by atoms with Gasteiger partial charge in [0.1, 0.15) is 18.1 Å². The van der Waals surface area contributed by atoms with E-state index in [0.717, 1.165) is 54.1 Å². The van der Waals surface area contributed by atoms with Gasteiger partial charge in [-0.3, -0.25) is 9.69 Å². The number of aromatic nitrogens is 1. The molecule has 0 bridgehead atoms. The lowest BCUT2D eigenvalue weighted by atomic mass is 10.0. The van der Waals surface area contributed by atoms with E-state index in [2.05, 4.69) is 29.2 Å². The Morgan fingerprint density at radius 2 is 1.84 bits per heavy atom. The zero-order valence-corrected chi connectivity index (χ0v) is 19.2. The quantitative estimate of drug-likeness (QED) is 0.605. The Balaban J connectivity index is 1.55. The first kappa shape index (κ1) is 22.3. The summed E-state index contributed by atoms with van der Waals surface area (Å²) in [6.45, 7) is 12.0. The van der Waals surface area contributed by atoms with Crippen LogP contribution in [0.15, 0.2) is 40.9 Å². The Kier molecular flexibility index (Phi) is 6.48. The van der Waals surface area contributed by atoms with Crippen molar-refractivity contribution in [2.24, 2.45) is 0 Å². The Hall–Kier alpha value is -2.90. The number of amides is 1. The SMILES string of the molecule is Cc1noc(C)c1COc1cc2ccccc2cc1C(=O)NCC(C)(C)N1CCOCC1. The van der Waals surface area contributed by atoms with E-state index in [4.69, 9.17) is 14.0 Å². The highest BCUT2D eigenvalue weighted by Crippen LogP contribution is 2.28. The predicted molar refractivity (Wildman–Crippen MR) is 123 cm³/mol. The molecule has 0 atom stereocenters. The first-order valence-electron chi connectivity index (χ1n) is 11.0. The van der Waals surface area contributed by atoms with Gasteiger partial charge >= 0.3 is 0 Å². The molecule has 2 aromatic carbocycles. The van der Waals surface area contributed by atoms with Gasteiger partial charge in [-0.25, -0.2) is 0 Å². The lowest BCUT2D eigenvalue weighted by molar-refractivity contribution is -0.00924. The summed E-state index contributed by atoms with van der Waals surface area (Å²) >= 11 is 0. The van der Waals surface area contributed by atoms with Crippen molar-refractivity contribution in [3.63, 3.8) is 0 Å². The number of fused-ring (bicyclic) bond motifs is 1. The summed E-state index contributed by atoms with van der Waals surface area (Å²) in [5.74, 6) is 1.12. The van der Waals surface area contributed by atoms with Crippen LogP contribution in [0.4, 0.5) is 0 Å². The number of benzene rings is 2. The molecule has 3 aromatic rings. The summed E-state index contributed by atoms with van der Waals surface area (Å²) in [4.78, 5) is 15.6. The molecular weight excluding hydrogens is 406 g/mol. The fourth-order valence-electron chi connectivity index (χ4n) is 4.05. The maximum absolute atomic E-state index is 13.3. The van der Waals surface area contributed by atoms with Crippen molar-refractivity contribution in [1.82, 2.24) is 15.4 Å². The van der Waals surface area contributed by atoms with Crippen LogP contribution in [0.5, 0.6) is 5.75 Å². The fourth-order valence-corrected chi connectivity index (χ4v) is 4.05. The summed E-state index contributed by atoms with van der Waals surface area (Å²) in [6, 6.07) is 11.8. The van der Waals surface area contributed by atoms with E-state index in [1.807, 2.05) is 50.2 Å². The van der Waals surface area contributed by atoms with Gasteiger partial charge in [0.15, 0.2) is 0 Å². The molecule has 2 heterocycles. The largest absolute Gasteiger partial charge is 0.488 e. The van der Waals surface area contributed by atoms with E-state index in [9.17, 15) is 4.79 Å². The van der Waals surface area contributed by atoms with Crippen LogP contribution < -0.4 is 10.1 Å². The first-order chi connectivity index (χ1) is 15.3. The highest BCUT2D eigenvalue weighted by atomic mass is 16.5. The van der Waals surface area contributed by atoms with Crippen LogP contribution in [0.2, 0.25) is 0 Å². The fraction of sp³-hybridized carbons (Fsp3) is 0.440. The number of carbonyl (C=O) groups is 1. The molecule has 1 aliphatic rings. The minimum Gasteiger partial charge on any atom is -0.488 e. The Morgan fingerprint density at radius 3 is 2.50 bits per heavy atom. The molecule has 1 aromatic heterocycles. The van der Waals surface area contributed by atoms with E-state index in [1.165, 1.54) is 0 Å². The molecule has 0 aliphatic carbocycles. The summed E-state index contributed by atoms with van der Waals surface area (Å²) < 4.78 is 16.8. The molecule has 1 saturated heterocycles. The van der Waals surface area contributed by atoms with Crippen LogP contribution in [-0.2, 0) is 11.3 Å². The van der Waals surface area contributed by atoms with E-state index in [1.54, 1.807) is 0 Å². The van der Waals surface area contributed by atoms with Gasteiger partial charge in [0.05, 0.1) is 30.0 Å². The lowest BCUT2D eigenvalue weighted by Crippen LogP contribution is -2.55. The third kappa shape index (κ3) is 4.79. The summed E-state index contributed by atoms with van der Waals surface area (Å²) in [6.07, 6.45) is 0. The molecule has 1 N–H and O–H groups in total. The van der Waals surface area contributed by atoms with Gasteiger partial charge in [-0.05, 0) is 50.6 Å². The van der Waals surface area contributed by atoms with Gasteiger partial charge < -0.3 is 19.3 Å². The average molecular weight is 438 g/mol. The number of rotatable bonds is 7. The number of hydrogen-bond donors (Lipinski definition) is 1. The molecule has 7 heteroatoms. The predicted octanol–water partition coefficient (Wildman–Crippen LogP) is 3.86. The molecule has 1 aliphatic heterocycles. The monoisotopic (exact) mass is 437 g/mol.